The van der Waals surface area contributed by atoms with Crippen LogP contribution < -0.4 is 0 Å². The Bertz CT molecular complexity index is 374. The highest BCUT2D eigenvalue weighted by Gasteiger charge is 2.21. The number of likely N-dealkylation sites (N-methyl/N-ethyl adjacent to an activating group) is 1. The van der Waals surface area contributed by atoms with E-state index in [2.05, 4.69) is 15.9 Å². The van der Waals surface area contributed by atoms with Crippen molar-refractivity contribution in [2.45, 2.75) is 18.9 Å². The number of carbonyl (C=O) groups excluding carboxylic acids is 1. The molecule has 0 spiro atoms. The lowest BCUT2D eigenvalue weighted by Crippen LogP contribution is -2.33. The van der Waals surface area contributed by atoms with Crippen molar-refractivity contribution in [3.8, 4) is 0 Å². The van der Waals surface area contributed by atoms with Gasteiger partial charge in [0.1, 0.15) is 0 Å². The Morgan fingerprint density at radius 1 is 1.69 bits per heavy atom. The van der Waals surface area contributed by atoms with Gasteiger partial charge in [-0.1, -0.05) is 0 Å². The van der Waals surface area contributed by atoms with Crippen molar-refractivity contribution in [2.75, 3.05) is 20.2 Å². The minimum absolute atomic E-state index is 0.0752. The molecule has 1 atom stereocenters. The molecule has 1 unspecified atom stereocenters. The predicted octanol–water partition coefficient (Wildman–Crippen LogP) is 2.76. The molecule has 2 rings (SSSR count). The molecule has 1 aromatic heterocycles. The van der Waals surface area contributed by atoms with Crippen LogP contribution in [0, 0.1) is 0 Å². The monoisotopic (exact) mass is 303 g/mol. The minimum atomic E-state index is 0.0752. The van der Waals surface area contributed by atoms with Crippen LogP contribution in [0.1, 0.15) is 22.5 Å². The van der Waals surface area contributed by atoms with E-state index in [4.69, 9.17) is 4.74 Å². The van der Waals surface area contributed by atoms with E-state index < -0.39 is 0 Å². The Hall–Kier alpha value is -0.390. The first-order chi connectivity index (χ1) is 7.66. The van der Waals surface area contributed by atoms with Crippen molar-refractivity contribution >= 4 is 33.2 Å². The second-order valence-electron chi connectivity index (χ2n) is 3.92. The van der Waals surface area contributed by atoms with Crippen LogP contribution >= 0.6 is 27.3 Å². The Morgan fingerprint density at radius 2 is 2.50 bits per heavy atom. The Kier molecular flexibility index (Phi) is 4.00. The smallest absolute Gasteiger partial charge is 0.263 e. The number of halogens is 1. The highest BCUT2D eigenvalue weighted by molar-refractivity contribution is 9.11. The third kappa shape index (κ3) is 2.84. The molecule has 1 amide bonds. The number of ether oxygens (including phenoxy) is 1. The topological polar surface area (TPSA) is 29.5 Å². The maximum absolute atomic E-state index is 12.0. The maximum Gasteiger partial charge on any atom is 0.263 e. The van der Waals surface area contributed by atoms with E-state index in [-0.39, 0.29) is 12.0 Å². The van der Waals surface area contributed by atoms with Crippen molar-refractivity contribution in [3.05, 3.63) is 20.8 Å². The molecule has 0 aromatic carbocycles. The van der Waals surface area contributed by atoms with Crippen molar-refractivity contribution in [2.24, 2.45) is 0 Å². The third-order valence-electron chi connectivity index (χ3n) is 2.63. The summed E-state index contributed by atoms with van der Waals surface area (Å²) in [6, 6.07) is 3.75. The van der Waals surface area contributed by atoms with Gasteiger partial charge in [0.25, 0.3) is 5.91 Å². The SMILES string of the molecule is CN(CC1CCCO1)C(=O)c1ccc(Br)s1. The van der Waals surface area contributed by atoms with Gasteiger partial charge in [-0.05, 0) is 40.9 Å². The average Bonchev–Trinajstić information content (AvgIpc) is 2.88. The number of amides is 1. The summed E-state index contributed by atoms with van der Waals surface area (Å²) in [5.41, 5.74) is 0. The fraction of sp³-hybridized carbons (Fsp3) is 0.545. The van der Waals surface area contributed by atoms with Crippen LogP contribution in [0.25, 0.3) is 0 Å². The van der Waals surface area contributed by atoms with E-state index >= 15 is 0 Å². The zero-order valence-electron chi connectivity index (χ0n) is 9.11. The number of hydrogen-bond donors (Lipinski definition) is 0. The lowest BCUT2D eigenvalue weighted by molar-refractivity contribution is 0.0590. The molecule has 0 N–H and O–H groups in total. The fourth-order valence-corrected chi connectivity index (χ4v) is 3.17. The van der Waals surface area contributed by atoms with Crippen LogP contribution in [0.15, 0.2) is 15.9 Å². The lowest BCUT2D eigenvalue weighted by Gasteiger charge is -2.19. The van der Waals surface area contributed by atoms with E-state index in [9.17, 15) is 4.79 Å². The predicted molar refractivity (Wildman–Crippen MR) is 68.0 cm³/mol. The van der Waals surface area contributed by atoms with Gasteiger partial charge in [-0.25, -0.2) is 0 Å². The van der Waals surface area contributed by atoms with E-state index in [1.54, 1.807) is 4.90 Å². The molecule has 88 valence electrons. The summed E-state index contributed by atoms with van der Waals surface area (Å²) >= 11 is 4.83. The molecular weight excluding hydrogens is 290 g/mol. The Morgan fingerprint density at radius 3 is 3.06 bits per heavy atom. The van der Waals surface area contributed by atoms with Crippen molar-refractivity contribution in [3.63, 3.8) is 0 Å². The van der Waals surface area contributed by atoms with Gasteiger partial charge in [0.05, 0.1) is 14.8 Å². The number of carbonyl (C=O) groups is 1. The average molecular weight is 304 g/mol. The first kappa shape index (κ1) is 12.1. The number of nitrogens with zero attached hydrogens (tertiary/aromatic N) is 1. The highest BCUT2D eigenvalue weighted by atomic mass is 79.9. The zero-order valence-corrected chi connectivity index (χ0v) is 11.5. The molecule has 0 radical (unpaired) electrons. The largest absolute Gasteiger partial charge is 0.376 e. The molecule has 1 aliphatic rings. The van der Waals surface area contributed by atoms with Crippen molar-refractivity contribution < 1.29 is 9.53 Å². The summed E-state index contributed by atoms with van der Waals surface area (Å²) in [4.78, 5) is 14.5. The first-order valence-electron chi connectivity index (χ1n) is 5.29. The lowest BCUT2D eigenvalue weighted by atomic mass is 10.2. The zero-order chi connectivity index (χ0) is 11.5. The van der Waals surface area contributed by atoms with Crippen LogP contribution in [0.5, 0.6) is 0 Å². The van der Waals surface area contributed by atoms with E-state index in [0.29, 0.717) is 6.54 Å². The van der Waals surface area contributed by atoms with E-state index in [0.717, 1.165) is 28.1 Å². The quantitative estimate of drug-likeness (QED) is 0.859. The van der Waals surface area contributed by atoms with Gasteiger partial charge < -0.3 is 9.64 Å². The van der Waals surface area contributed by atoms with Crippen molar-refractivity contribution in [1.29, 1.82) is 0 Å². The number of hydrogen-bond acceptors (Lipinski definition) is 3. The Labute approximate surface area is 108 Å². The van der Waals surface area contributed by atoms with Crippen LogP contribution in [0.4, 0.5) is 0 Å². The van der Waals surface area contributed by atoms with Gasteiger partial charge in [-0.3, -0.25) is 4.79 Å². The molecule has 5 heteroatoms. The van der Waals surface area contributed by atoms with Gasteiger partial charge in [0, 0.05) is 20.2 Å². The fourth-order valence-electron chi connectivity index (χ4n) is 1.79. The van der Waals surface area contributed by atoms with E-state index in [1.165, 1.54) is 11.3 Å². The number of rotatable bonds is 3. The molecule has 0 bridgehead atoms. The van der Waals surface area contributed by atoms with Gasteiger partial charge >= 0.3 is 0 Å². The number of thiophene rings is 1. The van der Waals surface area contributed by atoms with Gasteiger partial charge in [-0.15, -0.1) is 11.3 Å². The molecule has 0 saturated carbocycles. The minimum Gasteiger partial charge on any atom is -0.376 e. The highest BCUT2D eigenvalue weighted by Crippen LogP contribution is 2.23. The second kappa shape index (κ2) is 5.29. The molecule has 1 fully saturated rings. The maximum atomic E-state index is 12.0. The molecule has 1 aliphatic heterocycles. The second-order valence-corrected chi connectivity index (χ2v) is 6.39. The molecule has 1 saturated heterocycles. The standard InChI is InChI=1S/C11H14BrNO2S/c1-13(7-8-3-2-6-15-8)11(14)9-4-5-10(12)16-9/h4-5,8H,2-3,6-7H2,1H3. The van der Waals surface area contributed by atoms with Crippen LogP contribution in [-0.4, -0.2) is 37.1 Å². The molecule has 0 aliphatic carbocycles. The van der Waals surface area contributed by atoms with Gasteiger partial charge in [-0.2, -0.15) is 0 Å². The first-order valence-corrected chi connectivity index (χ1v) is 6.90. The molecule has 3 nitrogen and oxygen atoms in total. The summed E-state index contributed by atoms with van der Waals surface area (Å²) in [6.45, 7) is 1.52. The van der Waals surface area contributed by atoms with Gasteiger partial charge in [0.15, 0.2) is 0 Å². The summed E-state index contributed by atoms with van der Waals surface area (Å²) in [6.07, 6.45) is 2.39. The van der Waals surface area contributed by atoms with Crippen molar-refractivity contribution in [1.82, 2.24) is 4.90 Å². The molecule has 2 heterocycles. The summed E-state index contributed by atoms with van der Waals surface area (Å²) < 4.78 is 6.50. The normalized spacial score (nSPS) is 20.0. The van der Waals surface area contributed by atoms with Crippen LogP contribution in [0.3, 0.4) is 0 Å². The van der Waals surface area contributed by atoms with Crippen LogP contribution in [0.2, 0.25) is 0 Å². The summed E-state index contributed by atoms with van der Waals surface area (Å²) in [5, 5.41) is 0. The Balaban J connectivity index is 1.93. The molecule has 16 heavy (non-hydrogen) atoms. The van der Waals surface area contributed by atoms with E-state index in [1.807, 2.05) is 19.2 Å². The third-order valence-corrected chi connectivity index (χ3v) is 4.24. The molecule has 1 aromatic rings. The van der Waals surface area contributed by atoms with Gasteiger partial charge in [0.2, 0.25) is 0 Å². The summed E-state index contributed by atoms with van der Waals surface area (Å²) in [7, 11) is 1.83. The summed E-state index contributed by atoms with van der Waals surface area (Å²) in [5.74, 6) is 0.0752. The van der Waals surface area contributed by atoms with Crippen LogP contribution in [-0.2, 0) is 4.74 Å². The molecular formula is C11H14BrNO2S.